The summed E-state index contributed by atoms with van der Waals surface area (Å²) in [6, 6.07) is 31.9. The molecule has 4 nitrogen and oxygen atoms in total. The van der Waals surface area contributed by atoms with Crippen LogP contribution in [0.25, 0.3) is 82.5 Å². The van der Waals surface area contributed by atoms with E-state index in [1.807, 2.05) is 12.1 Å². The van der Waals surface area contributed by atoms with Gasteiger partial charge in [-0.25, -0.2) is 9.97 Å². The van der Waals surface area contributed by atoms with Crippen LogP contribution < -0.4 is 10.6 Å². The van der Waals surface area contributed by atoms with E-state index in [0.717, 1.165) is 66.1 Å². The molecular weight excluding hydrogens is 559 g/mol. The Hall–Kier alpha value is -5.26. The van der Waals surface area contributed by atoms with Crippen molar-refractivity contribution in [1.29, 1.82) is 0 Å². The van der Waals surface area contributed by atoms with E-state index in [0.29, 0.717) is 5.95 Å². The summed E-state index contributed by atoms with van der Waals surface area (Å²) >= 11 is 1.76. The Morgan fingerprint density at radius 1 is 0.818 bits per heavy atom. The summed E-state index contributed by atoms with van der Waals surface area (Å²) in [4.78, 5) is 10.8. The molecule has 8 aromatic rings. The fourth-order valence-corrected chi connectivity index (χ4v) is 8.31. The minimum absolute atomic E-state index is 0.0288. The average molecular weight is 584 g/mol. The Balaban J connectivity index is 1.33. The first-order valence-electron chi connectivity index (χ1n) is 15.0. The molecule has 1 unspecified atom stereocenters. The zero-order chi connectivity index (χ0) is 29.0. The number of fused-ring (bicyclic) bond motifs is 10. The van der Waals surface area contributed by atoms with E-state index in [1.54, 1.807) is 11.3 Å². The van der Waals surface area contributed by atoms with Gasteiger partial charge < -0.3 is 4.42 Å². The van der Waals surface area contributed by atoms with Gasteiger partial charge in [-0.1, -0.05) is 85.8 Å². The molecule has 0 N–H and O–H groups in total. The molecule has 0 radical (unpaired) electrons. The highest BCUT2D eigenvalue weighted by Gasteiger charge is 2.30. The maximum absolute atomic E-state index is 6.17. The van der Waals surface area contributed by atoms with Gasteiger partial charge in [0.25, 0.3) is 0 Å². The first kappa shape index (κ1) is 24.2. The van der Waals surface area contributed by atoms with Crippen LogP contribution in [0.1, 0.15) is 13.3 Å². The molecule has 0 fully saturated rings. The lowest BCUT2D eigenvalue weighted by molar-refractivity contribution is 0.569. The fraction of sp³-hybridized carbons (Fsp3) is 0.0769. The molecule has 0 amide bonds. The number of allylic oxidation sites excluding steroid dienone is 4. The molecule has 0 bridgehead atoms. The van der Waals surface area contributed by atoms with Crippen molar-refractivity contribution in [1.82, 2.24) is 14.5 Å². The average Bonchev–Trinajstić information content (AvgIpc) is 3.72. The third-order valence-electron chi connectivity index (χ3n) is 9.38. The lowest BCUT2D eigenvalue weighted by Crippen LogP contribution is -2.37. The number of nitrogens with zero attached hydrogens (tertiary/aromatic N) is 3. The lowest BCUT2D eigenvalue weighted by Gasteiger charge is -2.30. The van der Waals surface area contributed by atoms with Gasteiger partial charge in [0.15, 0.2) is 0 Å². The number of hydrogen-bond donors (Lipinski definition) is 0. The standard InChI is InChI=1S/C39H25N3OS/c1-39-19-9-8-10-24(39)21-31-29(22-39)25-11-2-5-14-30(25)42(31)38-40-35(37-36(41-38)27-13-4-7-16-34(27)44-37)23-17-18-33-28(20-23)26-12-3-6-15-32(26)43-33/h2-18,20-22H,19H2,1H3. The summed E-state index contributed by atoms with van der Waals surface area (Å²) in [5, 5.41) is 6.96. The maximum atomic E-state index is 6.17. The van der Waals surface area contributed by atoms with Crippen molar-refractivity contribution < 1.29 is 4.42 Å². The van der Waals surface area contributed by atoms with Gasteiger partial charge in [-0.3, -0.25) is 4.57 Å². The summed E-state index contributed by atoms with van der Waals surface area (Å²) in [5.74, 6) is 0.686. The summed E-state index contributed by atoms with van der Waals surface area (Å²) < 4.78 is 10.7. The van der Waals surface area contributed by atoms with Crippen molar-refractivity contribution in [3.8, 4) is 17.2 Å². The van der Waals surface area contributed by atoms with Gasteiger partial charge in [0.1, 0.15) is 11.2 Å². The van der Waals surface area contributed by atoms with Crippen LogP contribution in [0, 0.1) is 5.41 Å². The number of aromatic nitrogens is 3. The Kier molecular flexibility index (Phi) is 4.76. The van der Waals surface area contributed by atoms with Gasteiger partial charge in [-0.15, -0.1) is 11.3 Å². The Labute approximate surface area is 256 Å². The Morgan fingerprint density at radius 2 is 1.61 bits per heavy atom. The van der Waals surface area contributed by atoms with Gasteiger partial charge in [-0.05, 0) is 54.5 Å². The third kappa shape index (κ3) is 3.27. The molecule has 10 rings (SSSR count). The maximum Gasteiger partial charge on any atom is 0.235 e. The second kappa shape index (κ2) is 8.65. The predicted molar refractivity (Wildman–Crippen MR) is 183 cm³/mol. The molecule has 44 heavy (non-hydrogen) atoms. The van der Waals surface area contributed by atoms with Gasteiger partial charge in [0.05, 0.1) is 26.8 Å². The zero-order valence-corrected chi connectivity index (χ0v) is 24.7. The molecule has 2 aliphatic rings. The summed E-state index contributed by atoms with van der Waals surface area (Å²) in [7, 11) is 0. The van der Waals surface area contributed by atoms with E-state index >= 15 is 0 Å². The second-order valence-corrected chi connectivity index (χ2v) is 13.1. The van der Waals surface area contributed by atoms with Crippen molar-refractivity contribution in [2.24, 2.45) is 5.41 Å². The summed E-state index contributed by atoms with van der Waals surface area (Å²) in [6.07, 6.45) is 12.5. The molecule has 208 valence electrons. The minimum atomic E-state index is -0.0288. The van der Waals surface area contributed by atoms with Gasteiger partial charge in [0, 0.05) is 42.4 Å². The Bertz CT molecular complexity index is 2720. The van der Waals surface area contributed by atoms with Crippen molar-refractivity contribution >= 4 is 76.6 Å². The number of rotatable bonds is 2. The summed E-state index contributed by atoms with van der Waals surface area (Å²) in [6.45, 7) is 2.34. The molecule has 0 spiro atoms. The van der Waals surface area contributed by atoms with Crippen LogP contribution in [0.15, 0.2) is 119 Å². The largest absolute Gasteiger partial charge is 0.456 e. The first-order valence-corrected chi connectivity index (χ1v) is 15.8. The molecule has 4 heterocycles. The van der Waals surface area contributed by atoms with Crippen LogP contribution in [-0.2, 0) is 0 Å². The highest BCUT2D eigenvalue weighted by atomic mass is 32.1. The quantitative estimate of drug-likeness (QED) is 0.204. The van der Waals surface area contributed by atoms with Crippen LogP contribution in [0.3, 0.4) is 0 Å². The van der Waals surface area contributed by atoms with Gasteiger partial charge in [0.2, 0.25) is 5.95 Å². The monoisotopic (exact) mass is 583 g/mol. The van der Waals surface area contributed by atoms with Crippen molar-refractivity contribution in [3.05, 3.63) is 125 Å². The van der Waals surface area contributed by atoms with Crippen LogP contribution in [0.5, 0.6) is 0 Å². The normalized spacial score (nSPS) is 17.6. The van der Waals surface area contributed by atoms with Gasteiger partial charge in [-0.2, -0.15) is 0 Å². The highest BCUT2D eigenvalue weighted by Crippen LogP contribution is 2.41. The molecule has 5 heteroatoms. The lowest BCUT2D eigenvalue weighted by atomic mass is 9.74. The second-order valence-electron chi connectivity index (χ2n) is 12.1. The molecule has 0 saturated carbocycles. The predicted octanol–water partition coefficient (Wildman–Crippen LogP) is 8.82. The molecular formula is C39H25N3OS. The van der Waals surface area contributed by atoms with Gasteiger partial charge >= 0.3 is 0 Å². The first-order chi connectivity index (χ1) is 21.6. The smallest absolute Gasteiger partial charge is 0.235 e. The number of benzene rings is 4. The molecule has 2 aliphatic carbocycles. The van der Waals surface area contributed by atoms with Crippen LogP contribution >= 0.6 is 11.3 Å². The van der Waals surface area contributed by atoms with E-state index in [2.05, 4.69) is 121 Å². The summed E-state index contributed by atoms with van der Waals surface area (Å²) in [5.41, 5.74) is 7.15. The topological polar surface area (TPSA) is 43.9 Å². The zero-order valence-electron chi connectivity index (χ0n) is 23.9. The molecule has 4 aromatic heterocycles. The third-order valence-corrected chi connectivity index (χ3v) is 10.5. The van der Waals surface area contributed by atoms with Crippen molar-refractivity contribution in [2.75, 3.05) is 0 Å². The van der Waals surface area contributed by atoms with Crippen molar-refractivity contribution in [3.63, 3.8) is 0 Å². The van der Waals surface area contributed by atoms with E-state index in [4.69, 9.17) is 14.4 Å². The molecule has 0 saturated heterocycles. The number of hydrogen-bond acceptors (Lipinski definition) is 4. The van der Waals surface area contributed by atoms with E-state index in [-0.39, 0.29) is 5.41 Å². The molecule has 1 atom stereocenters. The van der Waals surface area contributed by atoms with Crippen LogP contribution in [-0.4, -0.2) is 14.5 Å². The molecule has 4 aromatic carbocycles. The van der Waals surface area contributed by atoms with E-state index < -0.39 is 0 Å². The van der Waals surface area contributed by atoms with Crippen LogP contribution in [0.4, 0.5) is 0 Å². The fourth-order valence-electron chi connectivity index (χ4n) is 7.16. The number of furan rings is 1. The highest BCUT2D eigenvalue weighted by molar-refractivity contribution is 7.26. The Morgan fingerprint density at radius 3 is 2.55 bits per heavy atom. The number of para-hydroxylation sites is 2. The van der Waals surface area contributed by atoms with E-state index in [1.165, 1.54) is 20.9 Å². The number of thiophene rings is 1. The SMILES string of the molecule is CC12C=c3c(n(-c4nc(-c5ccc6oc7ccccc7c6c5)c5sc6ccccc6c5n4)c4ccccc34)=CC1=CC=CC2. The van der Waals surface area contributed by atoms with Crippen LogP contribution in [0.2, 0.25) is 0 Å². The van der Waals surface area contributed by atoms with Crippen molar-refractivity contribution in [2.45, 2.75) is 13.3 Å². The minimum Gasteiger partial charge on any atom is -0.456 e. The molecule has 0 aliphatic heterocycles. The van der Waals surface area contributed by atoms with E-state index in [9.17, 15) is 0 Å².